The molecule has 0 atom stereocenters. The summed E-state index contributed by atoms with van der Waals surface area (Å²) < 4.78 is 0.782. The number of anilines is 2. The summed E-state index contributed by atoms with van der Waals surface area (Å²) >= 11 is 9.01. The summed E-state index contributed by atoms with van der Waals surface area (Å²) in [6.45, 7) is 0. The van der Waals surface area contributed by atoms with E-state index in [9.17, 15) is 10.1 Å². The molecule has 18 heavy (non-hydrogen) atoms. The summed E-state index contributed by atoms with van der Waals surface area (Å²) in [7, 11) is 0. The first kappa shape index (κ1) is 12.8. The lowest BCUT2D eigenvalue weighted by Gasteiger charge is -2.07. The molecule has 0 aliphatic heterocycles. The van der Waals surface area contributed by atoms with E-state index in [4.69, 9.17) is 11.6 Å². The Balaban J connectivity index is 2.37. The van der Waals surface area contributed by atoms with Gasteiger partial charge in [-0.3, -0.25) is 15.1 Å². The fourth-order valence-electron chi connectivity index (χ4n) is 1.40. The number of hydrogen-bond donors (Lipinski definition) is 1. The van der Waals surface area contributed by atoms with Gasteiger partial charge in [0.15, 0.2) is 0 Å². The van der Waals surface area contributed by atoms with Crippen LogP contribution in [0.1, 0.15) is 0 Å². The SMILES string of the molecule is O=[N+]([O-])c1cc(Cl)ccc1Nc1cncc(Br)c1. The number of benzene rings is 1. The molecule has 92 valence electrons. The molecule has 0 saturated heterocycles. The lowest BCUT2D eigenvalue weighted by atomic mass is 10.2. The first-order valence-electron chi connectivity index (χ1n) is 4.88. The van der Waals surface area contributed by atoms with Crippen LogP contribution in [0.15, 0.2) is 41.1 Å². The highest BCUT2D eigenvalue weighted by Crippen LogP contribution is 2.30. The third-order valence-corrected chi connectivity index (χ3v) is 2.81. The Morgan fingerprint density at radius 3 is 2.78 bits per heavy atom. The van der Waals surface area contributed by atoms with Gasteiger partial charge in [0.2, 0.25) is 0 Å². The van der Waals surface area contributed by atoms with E-state index < -0.39 is 4.92 Å². The Kier molecular flexibility index (Phi) is 3.78. The average Bonchev–Trinajstić information content (AvgIpc) is 2.31. The fourth-order valence-corrected chi connectivity index (χ4v) is 1.93. The zero-order valence-corrected chi connectivity index (χ0v) is 11.3. The van der Waals surface area contributed by atoms with Crippen molar-refractivity contribution in [2.75, 3.05) is 5.32 Å². The third-order valence-electron chi connectivity index (χ3n) is 2.14. The molecule has 0 spiro atoms. The molecule has 7 heteroatoms. The van der Waals surface area contributed by atoms with Crippen molar-refractivity contribution in [3.63, 3.8) is 0 Å². The van der Waals surface area contributed by atoms with E-state index in [0.29, 0.717) is 16.4 Å². The number of nitrogens with zero attached hydrogens (tertiary/aromatic N) is 2. The maximum absolute atomic E-state index is 10.9. The van der Waals surface area contributed by atoms with Gasteiger partial charge in [0.1, 0.15) is 5.69 Å². The van der Waals surface area contributed by atoms with Gasteiger partial charge in [-0.25, -0.2) is 0 Å². The van der Waals surface area contributed by atoms with Crippen molar-refractivity contribution >= 4 is 44.6 Å². The number of nitro benzene ring substituents is 1. The molecule has 1 heterocycles. The van der Waals surface area contributed by atoms with Gasteiger partial charge in [0, 0.05) is 21.8 Å². The van der Waals surface area contributed by atoms with Gasteiger partial charge in [0.25, 0.3) is 5.69 Å². The highest BCUT2D eigenvalue weighted by Gasteiger charge is 2.14. The summed E-state index contributed by atoms with van der Waals surface area (Å²) in [4.78, 5) is 14.4. The van der Waals surface area contributed by atoms with E-state index in [1.807, 2.05) is 0 Å². The molecule has 1 N–H and O–H groups in total. The van der Waals surface area contributed by atoms with Crippen LogP contribution in [-0.2, 0) is 0 Å². The van der Waals surface area contributed by atoms with Gasteiger partial charge < -0.3 is 5.32 Å². The number of halogens is 2. The summed E-state index contributed by atoms with van der Waals surface area (Å²) in [5.74, 6) is 0. The van der Waals surface area contributed by atoms with Crippen LogP contribution in [-0.4, -0.2) is 9.91 Å². The number of aromatic nitrogens is 1. The predicted octanol–water partition coefficient (Wildman–Crippen LogP) is 4.15. The zero-order chi connectivity index (χ0) is 13.1. The Morgan fingerprint density at radius 1 is 1.33 bits per heavy atom. The topological polar surface area (TPSA) is 68.1 Å². The second-order valence-electron chi connectivity index (χ2n) is 3.44. The molecular formula is C11H7BrClN3O2. The van der Waals surface area contributed by atoms with Gasteiger partial charge in [-0.2, -0.15) is 0 Å². The minimum Gasteiger partial charge on any atom is -0.349 e. The molecule has 5 nitrogen and oxygen atoms in total. The second kappa shape index (κ2) is 5.32. The highest BCUT2D eigenvalue weighted by molar-refractivity contribution is 9.10. The Bertz CT molecular complexity index is 607. The van der Waals surface area contributed by atoms with Crippen molar-refractivity contribution in [1.29, 1.82) is 0 Å². The minimum atomic E-state index is -0.486. The summed E-state index contributed by atoms with van der Waals surface area (Å²) in [5, 5.41) is 14.2. The molecule has 0 unspecified atom stereocenters. The number of pyridine rings is 1. The lowest BCUT2D eigenvalue weighted by Crippen LogP contribution is -1.97. The average molecular weight is 329 g/mol. The number of nitrogens with one attached hydrogen (secondary N) is 1. The van der Waals surface area contributed by atoms with E-state index in [1.54, 1.807) is 30.6 Å². The van der Waals surface area contributed by atoms with Crippen molar-refractivity contribution in [3.05, 3.63) is 56.3 Å². The smallest absolute Gasteiger partial charge is 0.294 e. The van der Waals surface area contributed by atoms with Crippen LogP contribution in [0.3, 0.4) is 0 Å². The van der Waals surface area contributed by atoms with Gasteiger partial charge in [-0.1, -0.05) is 11.6 Å². The van der Waals surface area contributed by atoms with Crippen LogP contribution < -0.4 is 5.32 Å². The first-order chi connectivity index (χ1) is 8.56. The molecule has 0 aliphatic carbocycles. The monoisotopic (exact) mass is 327 g/mol. The first-order valence-corrected chi connectivity index (χ1v) is 6.05. The van der Waals surface area contributed by atoms with Crippen LogP contribution in [0.5, 0.6) is 0 Å². The molecule has 0 saturated carbocycles. The Hall–Kier alpha value is -1.66. The third kappa shape index (κ3) is 2.96. The zero-order valence-electron chi connectivity index (χ0n) is 8.93. The van der Waals surface area contributed by atoms with Crippen LogP contribution in [0.2, 0.25) is 5.02 Å². The maximum Gasteiger partial charge on any atom is 0.294 e. The van der Waals surface area contributed by atoms with Crippen molar-refractivity contribution in [2.24, 2.45) is 0 Å². The molecule has 1 aromatic carbocycles. The van der Waals surface area contributed by atoms with Crippen molar-refractivity contribution < 1.29 is 4.92 Å². The minimum absolute atomic E-state index is 0.0810. The molecule has 0 radical (unpaired) electrons. The fraction of sp³-hybridized carbons (Fsp3) is 0. The van der Waals surface area contributed by atoms with Crippen LogP contribution >= 0.6 is 27.5 Å². The van der Waals surface area contributed by atoms with Crippen LogP contribution in [0, 0.1) is 10.1 Å². The van der Waals surface area contributed by atoms with Gasteiger partial charge in [-0.05, 0) is 34.1 Å². The lowest BCUT2D eigenvalue weighted by molar-refractivity contribution is -0.383. The number of rotatable bonds is 3. The molecule has 0 aliphatic rings. The number of hydrogen-bond acceptors (Lipinski definition) is 4. The van der Waals surface area contributed by atoms with E-state index >= 15 is 0 Å². The van der Waals surface area contributed by atoms with Gasteiger partial charge in [-0.15, -0.1) is 0 Å². The predicted molar refractivity (Wildman–Crippen MR) is 73.3 cm³/mol. The second-order valence-corrected chi connectivity index (χ2v) is 4.79. The quantitative estimate of drug-likeness (QED) is 0.679. The van der Waals surface area contributed by atoms with Gasteiger partial charge in [0.05, 0.1) is 16.8 Å². The van der Waals surface area contributed by atoms with Crippen molar-refractivity contribution in [2.45, 2.75) is 0 Å². The molecule has 1 aromatic heterocycles. The normalized spacial score (nSPS) is 10.1. The maximum atomic E-state index is 10.9. The van der Waals surface area contributed by atoms with Crippen LogP contribution in [0.4, 0.5) is 17.1 Å². The summed E-state index contributed by atoms with van der Waals surface area (Å²) in [6, 6.07) is 6.21. The summed E-state index contributed by atoms with van der Waals surface area (Å²) in [5.41, 5.74) is 0.932. The molecule has 0 fully saturated rings. The molecule has 0 amide bonds. The molecule has 0 bridgehead atoms. The van der Waals surface area contributed by atoms with E-state index in [2.05, 4.69) is 26.2 Å². The van der Waals surface area contributed by atoms with E-state index in [1.165, 1.54) is 6.07 Å². The van der Waals surface area contributed by atoms with Crippen molar-refractivity contribution in [1.82, 2.24) is 4.98 Å². The Morgan fingerprint density at radius 2 is 2.11 bits per heavy atom. The van der Waals surface area contributed by atoms with Crippen LogP contribution in [0.25, 0.3) is 0 Å². The molecular weight excluding hydrogens is 321 g/mol. The summed E-state index contributed by atoms with van der Waals surface area (Å²) in [6.07, 6.45) is 3.20. The standard InChI is InChI=1S/C11H7BrClN3O2/c12-7-3-9(6-14-5-7)15-10-2-1-8(13)4-11(10)16(17)18/h1-6,15H. The largest absolute Gasteiger partial charge is 0.349 e. The molecule has 2 rings (SSSR count). The van der Waals surface area contributed by atoms with Gasteiger partial charge >= 0.3 is 0 Å². The molecule has 2 aromatic rings. The van der Waals surface area contributed by atoms with E-state index in [-0.39, 0.29) is 5.69 Å². The highest BCUT2D eigenvalue weighted by atomic mass is 79.9. The Labute approximate surface area is 116 Å². The van der Waals surface area contributed by atoms with Crippen molar-refractivity contribution in [3.8, 4) is 0 Å². The number of nitro groups is 1. The van der Waals surface area contributed by atoms with E-state index in [0.717, 1.165) is 4.47 Å².